The van der Waals surface area contributed by atoms with Crippen LogP contribution in [-0.2, 0) is 19.6 Å². The number of rotatable bonds is 6. The molecule has 1 aliphatic heterocycles. The molecule has 2 aliphatic rings. The molecule has 0 bridgehead atoms. The summed E-state index contributed by atoms with van der Waals surface area (Å²) in [4.78, 5) is 14.1. The molecule has 0 aromatic rings. The first-order chi connectivity index (χ1) is 9.35. The van der Waals surface area contributed by atoms with Gasteiger partial charge in [-0.1, -0.05) is 6.42 Å². The zero-order chi connectivity index (χ0) is 14.8. The summed E-state index contributed by atoms with van der Waals surface area (Å²) in [5.74, 6) is 0.345. The number of carbonyl (C=O) groups is 1. The van der Waals surface area contributed by atoms with E-state index in [9.17, 15) is 13.2 Å². The minimum Gasteiger partial charge on any atom is -0.385 e. The summed E-state index contributed by atoms with van der Waals surface area (Å²) < 4.78 is 31.0. The maximum absolute atomic E-state index is 12.3. The molecule has 20 heavy (non-hydrogen) atoms. The van der Waals surface area contributed by atoms with Crippen molar-refractivity contribution in [3.63, 3.8) is 0 Å². The Labute approximate surface area is 120 Å². The molecule has 0 aromatic carbocycles. The van der Waals surface area contributed by atoms with Crippen molar-refractivity contribution in [2.75, 3.05) is 33.1 Å². The maximum Gasteiger partial charge on any atom is 0.225 e. The third-order valence-electron chi connectivity index (χ3n) is 4.31. The summed E-state index contributed by atoms with van der Waals surface area (Å²) in [7, 11) is -1.70. The van der Waals surface area contributed by atoms with Crippen LogP contribution >= 0.6 is 0 Å². The Balaban J connectivity index is 2.03. The van der Waals surface area contributed by atoms with Crippen LogP contribution in [0.4, 0.5) is 0 Å². The van der Waals surface area contributed by atoms with E-state index in [4.69, 9.17) is 4.74 Å². The highest BCUT2D eigenvalue weighted by molar-refractivity contribution is 7.88. The van der Waals surface area contributed by atoms with Crippen LogP contribution in [0.1, 0.15) is 32.1 Å². The zero-order valence-electron chi connectivity index (χ0n) is 12.2. The molecule has 1 atom stereocenters. The topological polar surface area (TPSA) is 75.7 Å². The molecular weight excluding hydrogens is 280 g/mol. The SMILES string of the molecule is COCCC1(NS(C)(=O)=O)CCN(C(=O)C2CCC2)C1. The molecule has 2 rings (SSSR count). The van der Waals surface area contributed by atoms with Gasteiger partial charge in [-0.05, 0) is 25.7 Å². The van der Waals surface area contributed by atoms with Crippen molar-refractivity contribution >= 4 is 15.9 Å². The normalized spacial score (nSPS) is 27.6. The van der Waals surface area contributed by atoms with Crippen LogP contribution in [0, 0.1) is 5.92 Å². The Kier molecular flexibility index (Phi) is 4.71. The molecule has 1 aliphatic carbocycles. The van der Waals surface area contributed by atoms with Crippen molar-refractivity contribution < 1.29 is 17.9 Å². The van der Waals surface area contributed by atoms with Crippen molar-refractivity contribution in [3.05, 3.63) is 0 Å². The average molecular weight is 304 g/mol. The van der Waals surface area contributed by atoms with E-state index in [-0.39, 0.29) is 11.8 Å². The fraction of sp³-hybridized carbons (Fsp3) is 0.923. The van der Waals surface area contributed by atoms with Crippen molar-refractivity contribution in [1.29, 1.82) is 0 Å². The second-order valence-corrected chi connectivity index (χ2v) is 7.78. The lowest BCUT2D eigenvalue weighted by atomic mass is 9.84. The Morgan fingerprint density at radius 2 is 2.15 bits per heavy atom. The number of hydrogen-bond acceptors (Lipinski definition) is 4. The first-order valence-corrected chi connectivity index (χ1v) is 9.01. The zero-order valence-corrected chi connectivity index (χ0v) is 13.0. The maximum atomic E-state index is 12.3. The van der Waals surface area contributed by atoms with Gasteiger partial charge in [-0.3, -0.25) is 4.79 Å². The average Bonchev–Trinajstić information content (AvgIpc) is 2.66. The van der Waals surface area contributed by atoms with Gasteiger partial charge in [-0.25, -0.2) is 13.1 Å². The number of sulfonamides is 1. The van der Waals surface area contributed by atoms with E-state index in [2.05, 4.69) is 4.72 Å². The Morgan fingerprint density at radius 1 is 1.45 bits per heavy atom. The highest BCUT2D eigenvalue weighted by Gasteiger charge is 2.43. The molecule has 0 spiro atoms. The molecule has 1 N–H and O–H groups in total. The smallest absolute Gasteiger partial charge is 0.225 e. The summed E-state index contributed by atoms with van der Waals surface area (Å²) in [6, 6.07) is 0. The summed E-state index contributed by atoms with van der Waals surface area (Å²) in [6.07, 6.45) is 5.48. The van der Waals surface area contributed by atoms with E-state index in [0.717, 1.165) is 25.5 Å². The molecule has 2 fully saturated rings. The number of amides is 1. The van der Waals surface area contributed by atoms with Crippen LogP contribution in [-0.4, -0.2) is 57.8 Å². The molecule has 1 saturated carbocycles. The van der Waals surface area contributed by atoms with E-state index in [0.29, 0.717) is 32.5 Å². The second-order valence-electron chi connectivity index (χ2n) is 6.03. The summed E-state index contributed by atoms with van der Waals surface area (Å²) in [5.41, 5.74) is -0.566. The van der Waals surface area contributed by atoms with Gasteiger partial charge in [0.25, 0.3) is 0 Å². The van der Waals surface area contributed by atoms with E-state index in [1.807, 2.05) is 4.90 Å². The largest absolute Gasteiger partial charge is 0.385 e. The quantitative estimate of drug-likeness (QED) is 0.768. The molecule has 1 unspecified atom stereocenters. The van der Waals surface area contributed by atoms with Gasteiger partial charge in [-0.2, -0.15) is 0 Å². The Bertz CT molecular complexity index is 461. The number of nitrogens with zero attached hydrogens (tertiary/aromatic N) is 1. The number of nitrogens with one attached hydrogen (secondary N) is 1. The highest BCUT2D eigenvalue weighted by atomic mass is 32.2. The van der Waals surface area contributed by atoms with Crippen molar-refractivity contribution in [1.82, 2.24) is 9.62 Å². The minimum atomic E-state index is -3.30. The molecule has 1 heterocycles. The number of ether oxygens (including phenoxy) is 1. The van der Waals surface area contributed by atoms with Gasteiger partial charge < -0.3 is 9.64 Å². The fourth-order valence-electron chi connectivity index (χ4n) is 3.00. The summed E-state index contributed by atoms with van der Waals surface area (Å²) >= 11 is 0. The van der Waals surface area contributed by atoms with Gasteiger partial charge in [0.2, 0.25) is 15.9 Å². The Hall–Kier alpha value is -0.660. The second kappa shape index (κ2) is 5.99. The molecule has 0 radical (unpaired) electrons. The third kappa shape index (κ3) is 3.71. The van der Waals surface area contributed by atoms with E-state index < -0.39 is 15.6 Å². The van der Waals surface area contributed by atoms with E-state index >= 15 is 0 Å². The lowest BCUT2D eigenvalue weighted by Crippen LogP contribution is -2.51. The van der Waals surface area contributed by atoms with Gasteiger partial charge in [0.1, 0.15) is 0 Å². The van der Waals surface area contributed by atoms with Crippen LogP contribution in [0.3, 0.4) is 0 Å². The van der Waals surface area contributed by atoms with Gasteiger partial charge >= 0.3 is 0 Å². The van der Waals surface area contributed by atoms with Crippen molar-refractivity contribution in [2.24, 2.45) is 5.92 Å². The van der Waals surface area contributed by atoms with Crippen LogP contribution in [0.25, 0.3) is 0 Å². The first kappa shape index (κ1) is 15.7. The molecule has 7 heteroatoms. The van der Waals surface area contributed by atoms with Crippen LogP contribution in [0.5, 0.6) is 0 Å². The van der Waals surface area contributed by atoms with Crippen LogP contribution in [0.15, 0.2) is 0 Å². The van der Waals surface area contributed by atoms with E-state index in [1.165, 1.54) is 0 Å². The molecule has 6 nitrogen and oxygen atoms in total. The van der Waals surface area contributed by atoms with Crippen LogP contribution in [0.2, 0.25) is 0 Å². The lowest BCUT2D eigenvalue weighted by Gasteiger charge is -2.32. The monoisotopic (exact) mass is 304 g/mol. The number of hydrogen-bond donors (Lipinski definition) is 1. The predicted octanol–water partition coefficient (Wildman–Crippen LogP) is 0.343. The van der Waals surface area contributed by atoms with Crippen LogP contribution < -0.4 is 4.72 Å². The number of methoxy groups -OCH3 is 1. The molecule has 116 valence electrons. The Morgan fingerprint density at radius 3 is 2.65 bits per heavy atom. The van der Waals surface area contributed by atoms with E-state index in [1.54, 1.807) is 7.11 Å². The van der Waals surface area contributed by atoms with Crippen molar-refractivity contribution in [2.45, 2.75) is 37.6 Å². The number of likely N-dealkylation sites (tertiary alicyclic amines) is 1. The third-order valence-corrected chi connectivity index (χ3v) is 5.11. The summed E-state index contributed by atoms with van der Waals surface area (Å²) in [6.45, 7) is 1.56. The first-order valence-electron chi connectivity index (χ1n) is 7.12. The fourth-order valence-corrected chi connectivity index (χ4v) is 4.06. The lowest BCUT2D eigenvalue weighted by molar-refractivity contribution is -0.137. The van der Waals surface area contributed by atoms with Gasteiger partial charge in [-0.15, -0.1) is 0 Å². The minimum absolute atomic E-state index is 0.159. The van der Waals surface area contributed by atoms with Gasteiger partial charge in [0, 0.05) is 32.7 Å². The van der Waals surface area contributed by atoms with Gasteiger partial charge in [0.05, 0.1) is 11.8 Å². The molecular formula is C13H24N2O4S. The predicted molar refractivity (Wildman–Crippen MR) is 75.7 cm³/mol. The summed E-state index contributed by atoms with van der Waals surface area (Å²) in [5, 5.41) is 0. The molecule has 1 amide bonds. The molecule has 0 aromatic heterocycles. The highest BCUT2D eigenvalue weighted by Crippen LogP contribution is 2.32. The standard InChI is InChI=1S/C13H24N2O4S/c1-19-9-7-13(14-20(2,17)18)6-8-15(10-13)12(16)11-4-3-5-11/h11,14H,3-10H2,1-2H3. The molecule has 1 saturated heterocycles. The van der Waals surface area contributed by atoms with Gasteiger partial charge in [0.15, 0.2) is 0 Å². The number of carbonyl (C=O) groups excluding carboxylic acids is 1. The van der Waals surface area contributed by atoms with Crippen molar-refractivity contribution in [3.8, 4) is 0 Å².